The van der Waals surface area contributed by atoms with Crippen LogP contribution in [0.2, 0.25) is 0 Å². The maximum Gasteiger partial charge on any atom is 0.310 e. The first-order valence-corrected chi connectivity index (χ1v) is 8.65. The van der Waals surface area contributed by atoms with Crippen LogP contribution in [0.1, 0.15) is 49.0 Å². The first kappa shape index (κ1) is 18.0. The van der Waals surface area contributed by atoms with Crippen LogP contribution in [-0.2, 0) is 9.53 Å². The lowest BCUT2D eigenvalue weighted by Gasteiger charge is -2.32. The highest BCUT2D eigenvalue weighted by Gasteiger charge is 2.27. The molecular formula is C19H29NO3. The molecule has 1 fully saturated rings. The predicted octanol–water partition coefficient (Wildman–Crippen LogP) is 3.00. The lowest BCUT2D eigenvalue weighted by molar-refractivity contribution is -0.149. The maximum atomic E-state index is 11.9. The minimum absolute atomic E-state index is 0.0121. The summed E-state index contributed by atoms with van der Waals surface area (Å²) in [4.78, 5) is 14.2. The number of ether oxygens (including phenoxy) is 1. The van der Waals surface area contributed by atoms with Gasteiger partial charge in [-0.3, -0.25) is 4.79 Å². The summed E-state index contributed by atoms with van der Waals surface area (Å²) in [5, 5.41) is 10.5. The highest BCUT2D eigenvalue weighted by atomic mass is 16.5. The number of likely N-dealkylation sites (tertiary alicyclic amines) is 1. The number of nitrogens with zero attached hydrogens (tertiary/aromatic N) is 1. The van der Waals surface area contributed by atoms with Crippen molar-refractivity contribution < 1.29 is 14.6 Å². The second-order valence-electron chi connectivity index (χ2n) is 6.56. The molecule has 1 aliphatic rings. The van der Waals surface area contributed by atoms with E-state index in [0.717, 1.165) is 43.6 Å². The van der Waals surface area contributed by atoms with Gasteiger partial charge in [-0.2, -0.15) is 0 Å². The Labute approximate surface area is 139 Å². The Morgan fingerprint density at radius 1 is 1.43 bits per heavy atom. The fraction of sp³-hybridized carbons (Fsp3) is 0.632. The van der Waals surface area contributed by atoms with E-state index in [9.17, 15) is 9.90 Å². The van der Waals surface area contributed by atoms with Crippen molar-refractivity contribution in [2.45, 2.75) is 46.1 Å². The molecule has 2 atom stereocenters. The third-order valence-corrected chi connectivity index (χ3v) is 4.63. The summed E-state index contributed by atoms with van der Waals surface area (Å²) in [5.74, 6) is -0.0888. The van der Waals surface area contributed by atoms with Gasteiger partial charge in [0.05, 0.1) is 18.6 Å². The number of carbonyl (C=O) groups is 1. The molecule has 0 radical (unpaired) electrons. The molecular weight excluding hydrogens is 290 g/mol. The third kappa shape index (κ3) is 5.05. The molecule has 1 heterocycles. The van der Waals surface area contributed by atoms with Gasteiger partial charge in [0.15, 0.2) is 0 Å². The Balaban J connectivity index is 1.86. The minimum Gasteiger partial charge on any atom is -0.466 e. The fourth-order valence-electron chi connectivity index (χ4n) is 3.37. The quantitative estimate of drug-likeness (QED) is 0.819. The van der Waals surface area contributed by atoms with Gasteiger partial charge in [0.1, 0.15) is 0 Å². The van der Waals surface area contributed by atoms with Crippen LogP contribution in [0.15, 0.2) is 18.2 Å². The van der Waals surface area contributed by atoms with Crippen LogP contribution in [0.3, 0.4) is 0 Å². The van der Waals surface area contributed by atoms with E-state index in [0.29, 0.717) is 13.0 Å². The molecule has 0 saturated carbocycles. The number of esters is 1. The van der Waals surface area contributed by atoms with Crippen LogP contribution in [0.4, 0.5) is 0 Å². The Hall–Kier alpha value is -1.39. The Morgan fingerprint density at radius 3 is 2.91 bits per heavy atom. The number of piperidine rings is 1. The van der Waals surface area contributed by atoms with E-state index in [2.05, 4.69) is 17.9 Å². The highest BCUT2D eigenvalue weighted by Crippen LogP contribution is 2.24. The van der Waals surface area contributed by atoms with E-state index in [1.54, 1.807) is 0 Å². The summed E-state index contributed by atoms with van der Waals surface area (Å²) in [6.45, 7) is 8.95. The van der Waals surface area contributed by atoms with Gasteiger partial charge in [-0.1, -0.05) is 23.8 Å². The Kier molecular flexibility index (Phi) is 6.60. The van der Waals surface area contributed by atoms with Crippen LogP contribution in [-0.4, -0.2) is 42.2 Å². The summed E-state index contributed by atoms with van der Waals surface area (Å²) in [6, 6.07) is 6.17. The summed E-state index contributed by atoms with van der Waals surface area (Å²) in [7, 11) is 0. The van der Waals surface area contributed by atoms with Gasteiger partial charge in [0, 0.05) is 13.1 Å². The molecule has 0 aromatic heterocycles. The topological polar surface area (TPSA) is 49.8 Å². The van der Waals surface area contributed by atoms with Gasteiger partial charge in [-0.05, 0) is 57.7 Å². The smallest absolute Gasteiger partial charge is 0.310 e. The van der Waals surface area contributed by atoms with Gasteiger partial charge in [0.2, 0.25) is 0 Å². The average Bonchev–Trinajstić information content (AvgIpc) is 2.53. The average molecular weight is 319 g/mol. The van der Waals surface area contributed by atoms with E-state index in [-0.39, 0.29) is 11.9 Å². The number of carbonyl (C=O) groups excluding carboxylic acids is 1. The van der Waals surface area contributed by atoms with Crippen LogP contribution in [0.25, 0.3) is 0 Å². The normalized spacial score (nSPS) is 20.3. The van der Waals surface area contributed by atoms with Crippen LogP contribution in [0, 0.1) is 19.8 Å². The van der Waals surface area contributed by atoms with Crippen molar-refractivity contribution in [3.8, 4) is 0 Å². The molecule has 1 N–H and O–H groups in total. The van der Waals surface area contributed by atoms with Crippen molar-refractivity contribution in [1.82, 2.24) is 4.90 Å². The lowest BCUT2D eigenvalue weighted by Crippen LogP contribution is -2.40. The molecule has 0 spiro atoms. The number of rotatable bonds is 6. The molecule has 2 unspecified atom stereocenters. The summed E-state index contributed by atoms with van der Waals surface area (Å²) in [5.41, 5.74) is 3.36. The largest absolute Gasteiger partial charge is 0.466 e. The molecule has 4 heteroatoms. The first-order chi connectivity index (χ1) is 11.0. The molecule has 4 nitrogen and oxygen atoms in total. The van der Waals surface area contributed by atoms with Gasteiger partial charge in [-0.15, -0.1) is 0 Å². The Morgan fingerprint density at radius 2 is 2.22 bits per heavy atom. The van der Waals surface area contributed by atoms with Gasteiger partial charge < -0.3 is 14.7 Å². The van der Waals surface area contributed by atoms with Crippen molar-refractivity contribution in [3.63, 3.8) is 0 Å². The van der Waals surface area contributed by atoms with Crippen molar-refractivity contribution in [1.29, 1.82) is 0 Å². The van der Waals surface area contributed by atoms with Crippen molar-refractivity contribution in [2.24, 2.45) is 5.92 Å². The molecule has 1 aromatic carbocycles. The van der Waals surface area contributed by atoms with Gasteiger partial charge in [0.25, 0.3) is 0 Å². The van der Waals surface area contributed by atoms with Crippen molar-refractivity contribution in [2.75, 3.05) is 26.2 Å². The monoisotopic (exact) mass is 319 g/mol. The third-order valence-electron chi connectivity index (χ3n) is 4.63. The molecule has 1 saturated heterocycles. The van der Waals surface area contributed by atoms with Crippen LogP contribution < -0.4 is 0 Å². The predicted molar refractivity (Wildman–Crippen MR) is 91.3 cm³/mol. The van der Waals surface area contributed by atoms with Crippen LogP contribution in [0.5, 0.6) is 0 Å². The van der Waals surface area contributed by atoms with E-state index < -0.39 is 6.10 Å². The van der Waals surface area contributed by atoms with Crippen molar-refractivity contribution in [3.05, 3.63) is 34.9 Å². The summed E-state index contributed by atoms with van der Waals surface area (Å²) < 4.78 is 5.14. The fourth-order valence-corrected chi connectivity index (χ4v) is 3.37. The molecule has 0 bridgehead atoms. The van der Waals surface area contributed by atoms with Crippen LogP contribution >= 0.6 is 0 Å². The maximum absolute atomic E-state index is 11.9. The van der Waals surface area contributed by atoms with E-state index in [4.69, 9.17) is 4.74 Å². The van der Waals surface area contributed by atoms with Crippen molar-refractivity contribution >= 4 is 5.97 Å². The molecule has 128 valence electrons. The molecule has 0 amide bonds. The lowest BCUT2D eigenvalue weighted by atomic mass is 9.96. The van der Waals surface area contributed by atoms with E-state index in [1.165, 1.54) is 5.56 Å². The second kappa shape index (κ2) is 8.46. The number of aryl methyl sites for hydroxylation is 2. The highest BCUT2D eigenvalue weighted by molar-refractivity contribution is 5.72. The second-order valence-corrected chi connectivity index (χ2v) is 6.56. The van der Waals surface area contributed by atoms with E-state index >= 15 is 0 Å². The van der Waals surface area contributed by atoms with Gasteiger partial charge >= 0.3 is 5.97 Å². The molecule has 23 heavy (non-hydrogen) atoms. The zero-order valence-electron chi connectivity index (χ0n) is 14.5. The standard InChI is InChI=1S/C19H29NO3/c1-4-23-19(22)16-6-5-10-20(13-16)11-9-18(21)17-8-7-14(2)12-15(17)3/h7-8,12,16,18,21H,4-6,9-11,13H2,1-3H3. The molecule has 1 aliphatic heterocycles. The minimum atomic E-state index is -0.446. The molecule has 1 aromatic rings. The number of aliphatic hydroxyl groups excluding tert-OH is 1. The zero-order valence-corrected chi connectivity index (χ0v) is 14.5. The number of benzene rings is 1. The Bertz CT molecular complexity index is 529. The molecule has 2 rings (SSSR count). The van der Waals surface area contributed by atoms with Gasteiger partial charge in [-0.25, -0.2) is 0 Å². The number of aliphatic hydroxyl groups is 1. The first-order valence-electron chi connectivity index (χ1n) is 8.65. The summed E-state index contributed by atoms with van der Waals surface area (Å²) in [6.07, 6.45) is 2.18. The zero-order chi connectivity index (χ0) is 16.8. The number of hydrogen-bond acceptors (Lipinski definition) is 4. The number of hydrogen-bond donors (Lipinski definition) is 1. The SMILES string of the molecule is CCOC(=O)C1CCCN(CCC(O)c2ccc(C)cc2C)C1. The summed E-state index contributed by atoms with van der Waals surface area (Å²) >= 11 is 0. The van der Waals surface area contributed by atoms with E-state index in [1.807, 2.05) is 26.0 Å². The molecule has 0 aliphatic carbocycles.